The number of para-hydroxylation sites is 1. The number of unbranched alkanes of at least 4 members (excludes halogenated alkanes) is 1. The average molecular weight is 488 g/mol. The molecular weight excluding hydrogens is 454 g/mol. The van der Waals surface area contributed by atoms with Gasteiger partial charge in [-0.15, -0.1) is 0 Å². The standard InChI is InChI=1S/C25H33N3O5S/c1-5-6-12-23-21(20-11-7-8-13-22(20)32-23)16-27(4)25(29)19-10-9-14-28(15-19)34(30,31)24-17(2)26-33-18(24)3/h7-8,11,13,19H,5-6,9-10,12,14-16H2,1-4H3. The predicted octanol–water partition coefficient (Wildman–Crippen LogP) is 4.44. The number of amides is 1. The lowest BCUT2D eigenvalue weighted by Gasteiger charge is -2.33. The molecule has 8 nitrogen and oxygen atoms in total. The molecule has 1 fully saturated rings. The maximum atomic E-state index is 13.4. The molecule has 4 rings (SSSR count). The topological polar surface area (TPSA) is 96.9 Å². The van der Waals surface area contributed by atoms with E-state index in [1.165, 1.54) is 4.31 Å². The molecule has 0 aliphatic carbocycles. The van der Waals surface area contributed by atoms with Crippen molar-refractivity contribution in [1.82, 2.24) is 14.4 Å². The zero-order valence-electron chi connectivity index (χ0n) is 20.3. The second kappa shape index (κ2) is 9.92. The van der Waals surface area contributed by atoms with Gasteiger partial charge in [-0.1, -0.05) is 36.7 Å². The van der Waals surface area contributed by atoms with Crippen molar-refractivity contribution in [2.45, 2.75) is 64.3 Å². The third kappa shape index (κ3) is 4.63. The van der Waals surface area contributed by atoms with Crippen molar-refractivity contribution >= 4 is 26.9 Å². The Kier molecular flexibility index (Phi) is 7.14. The van der Waals surface area contributed by atoms with Crippen LogP contribution < -0.4 is 0 Å². The highest BCUT2D eigenvalue weighted by Crippen LogP contribution is 2.31. The van der Waals surface area contributed by atoms with Crippen LogP contribution in [0.3, 0.4) is 0 Å². The van der Waals surface area contributed by atoms with Gasteiger partial charge in [0.25, 0.3) is 0 Å². The van der Waals surface area contributed by atoms with E-state index in [1.807, 2.05) is 24.3 Å². The van der Waals surface area contributed by atoms with Crippen molar-refractivity contribution in [3.63, 3.8) is 0 Å². The van der Waals surface area contributed by atoms with Crippen LogP contribution in [-0.2, 0) is 27.8 Å². The largest absolute Gasteiger partial charge is 0.461 e. The Morgan fingerprint density at radius 3 is 2.74 bits per heavy atom. The number of fused-ring (bicyclic) bond motifs is 1. The molecule has 0 N–H and O–H groups in total. The quantitative estimate of drug-likeness (QED) is 0.466. The van der Waals surface area contributed by atoms with Gasteiger partial charge in [0.1, 0.15) is 21.9 Å². The van der Waals surface area contributed by atoms with Crippen molar-refractivity contribution in [2.75, 3.05) is 20.1 Å². The van der Waals surface area contributed by atoms with Crippen LogP contribution in [0.15, 0.2) is 38.1 Å². The number of sulfonamides is 1. The number of rotatable bonds is 8. The number of carbonyl (C=O) groups excluding carboxylic acids is 1. The van der Waals surface area contributed by atoms with Crippen LogP contribution in [0.4, 0.5) is 0 Å². The molecule has 0 saturated carbocycles. The first kappa shape index (κ1) is 24.5. The van der Waals surface area contributed by atoms with Crippen LogP contribution in [0.25, 0.3) is 11.0 Å². The number of benzene rings is 1. The Labute approximate surface area is 200 Å². The number of hydrogen-bond acceptors (Lipinski definition) is 6. The number of carbonyl (C=O) groups is 1. The van der Waals surface area contributed by atoms with Gasteiger partial charge in [0.05, 0.1) is 5.92 Å². The molecule has 1 amide bonds. The monoisotopic (exact) mass is 487 g/mol. The smallest absolute Gasteiger partial charge is 0.248 e. The highest BCUT2D eigenvalue weighted by molar-refractivity contribution is 7.89. The van der Waals surface area contributed by atoms with E-state index in [-0.39, 0.29) is 23.1 Å². The summed E-state index contributed by atoms with van der Waals surface area (Å²) in [5, 5.41) is 4.82. The Hall–Kier alpha value is -2.65. The number of piperidine rings is 1. The average Bonchev–Trinajstić information content (AvgIpc) is 3.36. The summed E-state index contributed by atoms with van der Waals surface area (Å²) in [6, 6.07) is 7.91. The lowest BCUT2D eigenvalue weighted by molar-refractivity contribution is -0.135. The molecule has 1 saturated heterocycles. The molecule has 3 aromatic rings. The van der Waals surface area contributed by atoms with Gasteiger partial charge in [-0.2, -0.15) is 4.31 Å². The molecule has 2 aromatic heterocycles. The summed E-state index contributed by atoms with van der Waals surface area (Å²) < 4.78 is 39.1. The first-order valence-corrected chi connectivity index (χ1v) is 13.3. The number of aromatic nitrogens is 1. The summed E-state index contributed by atoms with van der Waals surface area (Å²) in [6.45, 7) is 6.33. The Bertz CT molecular complexity index is 1260. The molecule has 0 radical (unpaired) electrons. The van der Waals surface area contributed by atoms with E-state index in [2.05, 4.69) is 12.1 Å². The zero-order chi connectivity index (χ0) is 24.5. The van der Waals surface area contributed by atoms with Crippen molar-refractivity contribution in [3.8, 4) is 0 Å². The fraction of sp³-hybridized carbons (Fsp3) is 0.520. The summed E-state index contributed by atoms with van der Waals surface area (Å²) in [5.41, 5.74) is 2.21. The van der Waals surface area contributed by atoms with Gasteiger partial charge in [-0.25, -0.2) is 8.42 Å². The molecule has 1 aliphatic rings. The van der Waals surface area contributed by atoms with Crippen LogP contribution in [0.5, 0.6) is 0 Å². The van der Waals surface area contributed by atoms with Crippen molar-refractivity contribution < 1.29 is 22.2 Å². The fourth-order valence-electron chi connectivity index (χ4n) is 4.82. The van der Waals surface area contributed by atoms with Gasteiger partial charge in [0.2, 0.25) is 15.9 Å². The fourth-order valence-corrected chi connectivity index (χ4v) is 6.64. The summed E-state index contributed by atoms with van der Waals surface area (Å²) in [4.78, 5) is 15.2. The van der Waals surface area contributed by atoms with E-state index in [0.29, 0.717) is 31.6 Å². The second-order valence-corrected chi connectivity index (χ2v) is 11.0. The minimum atomic E-state index is -3.78. The molecule has 34 heavy (non-hydrogen) atoms. The highest BCUT2D eigenvalue weighted by Gasteiger charge is 2.37. The van der Waals surface area contributed by atoms with Gasteiger partial charge in [0, 0.05) is 44.1 Å². The minimum absolute atomic E-state index is 0.0506. The third-order valence-electron chi connectivity index (χ3n) is 6.61. The number of hydrogen-bond donors (Lipinski definition) is 0. The summed E-state index contributed by atoms with van der Waals surface area (Å²) >= 11 is 0. The van der Waals surface area contributed by atoms with Crippen molar-refractivity contribution in [3.05, 3.63) is 47.0 Å². The molecule has 3 heterocycles. The number of nitrogens with zero attached hydrogens (tertiary/aromatic N) is 3. The molecular formula is C25H33N3O5S. The van der Waals surface area contributed by atoms with Crippen LogP contribution in [0, 0.1) is 19.8 Å². The van der Waals surface area contributed by atoms with E-state index >= 15 is 0 Å². The van der Waals surface area contributed by atoms with E-state index < -0.39 is 15.9 Å². The molecule has 1 aliphatic heterocycles. The highest BCUT2D eigenvalue weighted by atomic mass is 32.2. The first-order valence-electron chi connectivity index (χ1n) is 11.9. The minimum Gasteiger partial charge on any atom is -0.461 e. The molecule has 9 heteroatoms. The maximum absolute atomic E-state index is 13.4. The Morgan fingerprint density at radius 1 is 1.26 bits per heavy atom. The lowest BCUT2D eigenvalue weighted by atomic mass is 9.97. The van der Waals surface area contributed by atoms with Gasteiger partial charge in [-0.05, 0) is 39.2 Å². The maximum Gasteiger partial charge on any atom is 0.248 e. The lowest BCUT2D eigenvalue weighted by Crippen LogP contribution is -2.45. The predicted molar refractivity (Wildman–Crippen MR) is 129 cm³/mol. The Balaban J connectivity index is 1.52. The molecule has 0 bridgehead atoms. The summed E-state index contributed by atoms with van der Waals surface area (Å²) in [5.74, 6) is 0.750. The molecule has 1 aromatic carbocycles. The third-order valence-corrected chi connectivity index (χ3v) is 8.72. The first-order chi connectivity index (χ1) is 16.2. The van der Waals surface area contributed by atoms with Crippen molar-refractivity contribution in [2.24, 2.45) is 5.92 Å². The second-order valence-electron chi connectivity index (χ2n) is 9.15. The van der Waals surface area contributed by atoms with Crippen LogP contribution >= 0.6 is 0 Å². The summed E-state index contributed by atoms with van der Waals surface area (Å²) in [6.07, 6.45) is 4.19. The van der Waals surface area contributed by atoms with E-state index in [0.717, 1.165) is 41.6 Å². The molecule has 1 atom stereocenters. The van der Waals surface area contributed by atoms with E-state index in [9.17, 15) is 13.2 Å². The van der Waals surface area contributed by atoms with Crippen LogP contribution in [0.2, 0.25) is 0 Å². The molecule has 1 unspecified atom stereocenters. The molecule has 184 valence electrons. The van der Waals surface area contributed by atoms with Gasteiger partial charge in [-0.3, -0.25) is 4.79 Å². The van der Waals surface area contributed by atoms with Gasteiger partial charge < -0.3 is 13.8 Å². The SMILES string of the molecule is CCCCc1oc2ccccc2c1CN(C)C(=O)C1CCCN(S(=O)(=O)c2c(C)noc2C)C1. The number of aryl methyl sites for hydroxylation is 3. The summed E-state index contributed by atoms with van der Waals surface area (Å²) in [7, 11) is -1.99. The zero-order valence-corrected chi connectivity index (χ0v) is 21.2. The van der Waals surface area contributed by atoms with Crippen LogP contribution in [0.1, 0.15) is 55.4 Å². The van der Waals surface area contributed by atoms with Crippen molar-refractivity contribution in [1.29, 1.82) is 0 Å². The van der Waals surface area contributed by atoms with Gasteiger partial charge >= 0.3 is 0 Å². The van der Waals surface area contributed by atoms with E-state index in [1.54, 1.807) is 25.8 Å². The van der Waals surface area contributed by atoms with Crippen LogP contribution in [-0.4, -0.2) is 48.8 Å². The number of furan rings is 1. The van der Waals surface area contributed by atoms with E-state index in [4.69, 9.17) is 8.94 Å². The Morgan fingerprint density at radius 2 is 2.03 bits per heavy atom. The van der Waals surface area contributed by atoms with Gasteiger partial charge in [0.15, 0.2) is 5.76 Å². The normalized spacial score (nSPS) is 17.4. The molecule has 0 spiro atoms.